The van der Waals surface area contributed by atoms with Crippen LogP contribution in [0.1, 0.15) is 19.8 Å². The molecule has 1 atom stereocenters. The Labute approximate surface area is 77.8 Å². The fraction of sp³-hybridized carbons (Fsp3) is 0.750. The lowest BCUT2D eigenvalue weighted by molar-refractivity contribution is -0.127. The first kappa shape index (κ1) is 11.9. The monoisotopic (exact) mass is 187 g/mol. The second-order valence-electron chi connectivity index (χ2n) is 3.00. The molecule has 2 amide bonds. The third-order valence-electron chi connectivity index (χ3n) is 1.68. The maximum Gasteiger partial charge on any atom is 0.220 e. The Balaban J connectivity index is 3.56. The Morgan fingerprint density at radius 1 is 1.46 bits per heavy atom. The Kier molecular flexibility index (Phi) is 5.88. The van der Waals surface area contributed by atoms with Crippen LogP contribution in [0, 0.1) is 5.92 Å². The van der Waals surface area contributed by atoms with E-state index in [0.717, 1.165) is 6.42 Å². The molecular weight excluding hydrogens is 170 g/mol. The number of nitrogens with two attached hydrogens (primary N) is 2. The van der Waals surface area contributed by atoms with Gasteiger partial charge in [-0.05, 0) is 13.0 Å². The first-order chi connectivity index (χ1) is 6.07. The second-order valence-corrected chi connectivity index (χ2v) is 3.00. The van der Waals surface area contributed by atoms with Crippen LogP contribution < -0.4 is 16.8 Å². The van der Waals surface area contributed by atoms with Gasteiger partial charge in [0.05, 0.1) is 0 Å². The van der Waals surface area contributed by atoms with Crippen LogP contribution in [0.4, 0.5) is 0 Å². The SMILES string of the molecule is CC(CC(=O)NCCCN)C(N)=O. The summed E-state index contributed by atoms with van der Waals surface area (Å²) in [6, 6.07) is 0. The molecule has 0 aromatic rings. The predicted octanol–water partition coefficient (Wildman–Crippen LogP) is -1.04. The minimum Gasteiger partial charge on any atom is -0.369 e. The van der Waals surface area contributed by atoms with Crippen LogP contribution in [0.25, 0.3) is 0 Å². The number of carbonyl (C=O) groups excluding carboxylic acids is 2. The summed E-state index contributed by atoms with van der Waals surface area (Å²) >= 11 is 0. The molecule has 0 aliphatic heterocycles. The lowest BCUT2D eigenvalue weighted by Gasteiger charge is -2.07. The van der Waals surface area contributed by atoms with Crippen LogP contribution in [-0.4, -0.2) is 24.9 Å². The van der Waals surface area contributed by atoms with Gasteiger partial charge in [0.2, 0.25) is 11.8 Å². The summed E-state index contributed by atoms with van der Waals surface area (Å²) in [5.41, 5.74) is 10.2. The first-order valence-corrected chi connectivity index (χ1v) is 4.34. The quantitative estimate of drug-likeness (QED) is 0.463. The lowest BCUT2D eigenvalue weighted by atomic mass is 10.1. The predicted molar refractivity (Wildman–Crippen MR) is 49.7 cm³/mol. The van der Waals surface area contributed by atoms with Crippen LogP contribution in [0.5, 0.6) is 0 Å². The van der Waals surface area contributed by atoms with E-state index in [9.17, 15) is 9.59 Å². The average molecular weight is 187 g/mol. The number of amides is 2. The van der Waals surface area contributed by atoms with Crippen molar-refractivity contribution < 1.29 is 9.59 Å². The van der Waals surface area contributed by atoms with Crippen molar-refractivity contribution in [3.8, 4) is 0 Å². The fourth-order valence-electron chi connectivity index (χ4n) is 0.781. The molecule has 0 heterocycles. The van der Waals surface area contributed by atoms with Gasteiger partial charge in [0, 0.05) is 18.9 Å². The van der Waals surface area contributed by atoms with Crippen LogP contribution in [0.2, 0.25) is 0 Å². The molecule has 0 saturated carbocycles. The summed E-state index contributed by atoms with van der Waals surface area (Å²) in [5.74, 6) is -1.01. The van der Waals surface area contributed by atoms with E-state index in [1.54, 1.807) is 6.92 Å². The molecule has 5 heteroatoms. The number of primary amides is 1. The minimum absolute atomic E-state index is 0.153. The van der Waals surface area contributed by atoms with Crippen molar-refractivity contribution in [3.63, 3.8) is 0 Å². The molecule has 0 aliphatic rings. The van der Waals surface area contributed by atoms with E-state index in [2.05, 4.69) is 5.32 Å². The molecule has 0 spiro atoms. The van der Waals surface area contributed by atoms with Gasteiger partial charge in [-0.1, -0.05) is 6.92 Å². The molecule has 0 aliphatic carbocycles. The molecule has 0 radical (unpaired) electrons. The molecule has 0 aromatic heterocycles. The maximum absolute atomic E-state index is 11.1. The first-order valence-electron chi connectivity index (χ1n) is 4.34. The van der Waals surface area contributed by atoms with Gasteiger partial charge < -0.3 is 16.8 Å². The Hall–Kier alpha value is -1.10. The van der Waals surface area contributed by atoms with Gasteiger partial charge in [0.25, 0.3) is 0 Å². The topological polar surface area (TPSA) is 98.2 Å². The number of carbonyl (C=O) groups is 2. The summed E-state index contributed by atoms with van der Waals surface area (Å²) in [6.07, 6.45) is 0.899. The number of hydrogen-bond acceptors (Lipinski definition) is 3. The standard InChI is InChI=1S/C8H17N3O2/c1-6(8(10)13)5-7(12)11-4-2-3-9/h6H,2-5,9H2,1H3,(H2,10,13)(H,11,12). The van der Waals surface area contributed by atoms with Gasteiger partial charge in [-0.15, -0.1) is 0 Å². The highest BCUT2D eigenvalue weighted by Gasteiger charge is 2.12. The summed E-state index contributed by atoms with van der Waals surface area (Å²) in [7, 11) is 0. The highest BCUT2D eigenvalue weighted by molar-refractivity contribution is 5.84. The van der Waals surface area contributed by atoms with Crippen molar-refractivity contribution in [2.24, 2.45) is 17.4 Å². The Morgan fingerprint density at radius 2 is 2.08 bits per heavy atom. The molecule has 0 rings (SSSR count). The number of nitrogens with one attached hydrogen (secondary N) is 1. The maximum atomic E-state index is 11.1. The van der Waals surface area contributed by atoms with E-state index in [0.29, 0.717) is 13.1 Å². The highest BCUT2D eigenvalue weighted by Crippen LogP contribution is 1.99. The van der Waals surface area contributed by atoms with Crippen molar-refractivity contribution in [2.75, 3.05) is 13.1 Å². The van der Waals surface area contributed by atoms with Gasteiger partial charge in [-0.2, -0.15) is 0 Å². The summed E-state index contributed by atoms with van der Waals surface area (Å²) in [5, 5.41) is 2.64. The third kappa shape index (κ3) is 6.10. The van der Waals surface area contributed by atoms with E-state index in [4.69, 9.17) is 11.5 Å². The zero-order chi connectivity index (χ0) is 10.3. The van der Waals surface area contributed by atoms with Crippen molar-refractivity contribution in [1.29, 1.82) is 0 Å². The molecule has 0 saturated heterocycles. The highest BCUT2D eigenvalue weighted by atomic mass is 16.2. The average Bonchev–Trinajstić information content (AvgIpc) is 2.04. The molecule has 76 valence electrons. The van der Waals surface area contributed by atoms with Crippen LogP contribution in [0.15, 0.2) is 0 Å². The number of hydrogen-bond donors (Lipinski definition) is 3. The van der Waals surface area contributed by atoms with Crippen molar-refractivity contribution in [3.05, 3.63) is 0 Å². The number of rotatable bonds is 6. The molecule has 5 N–H and O–H groups in total. The zero-order valence-electron chi connectivity index (χ0n) is 7.88. The van der Waals surface area contributed by atoms with Crippen LogP contribution in [0.3, 0.4) is 0 Å². The summed E-state index contributed by atoms with van der Waals surface area (Å²) in [6.45, 7) is 2.73. The van der Waals surface area contributed by atoms with Crippen molar-refractivity contribution in [1.82, 2.24) is 5.32 Å². The second kappa shape index (κ2) is 6.42. The Bertz CT molecular complexity index is 182. The van der Waals surface area contributed by atoms with E-state index < -0.39 is 11.8 Å². The van der Waals surface area contributed by atoms with E-state index >= 15 is 0 Å². The van der Waals surface area contributed by atoms with E-state index in [1.165, 1.54) is 0 Å². The normalized spacial score (nSPS) is 12.2. The molecule has 0 bridgehead atoms. The fourth-order valence-corrected chi connectivity index (χ4v) is 0.781. The van der Waals surface area contributed by atoms with Gasteiger partial charge in [-0.25, -0.2) is 0 Å². The van der Waals surface area contributed by atoms with Gasteiger partial charge >= 0.3 is 0 Å². The van der Waals surface area contributed by atoms with E-state index in [-0.39, 0.29) is 12.3 Å². The molecule has 1 unspecified atom stereocenters. The van der Waals surface area contributed by atoms with Crippen LogP contribution in [-0.2, 0) is 9.59 Å². The molecule has 0 aromatic carbocycles. The van der Waals surface area contributed by atoms with Gasteiger partial charge in [0.15, 0.2) is 0 Å². The molecular formula is C8H17N3O2. The van der Waals surface area contributed by atoms with Crippen molar-refractivity contribution in [2.45, 2.75) is 19.8 Å². The van der Waals surface area contributed by atoms with Gasteiger partial charge in [0.1, 0.15) is 0 Å². The largest absolute Gasteiger partial charge is 0.369 e. The van der Waals surface area contributed by atoms with Crippen molar-refractivity contribution >= 4 is 11.8 Å². The van der Waals surface area contributed by atoms with Gasteiger partial charge in [-0.3, -0.25) is 9.59 Å². The molecule has 5 nitrogen and oxygen atoms in total. The lowest BCUT2D eigenvalue weighted by Crippen LogP contribution is -2.31. The minimum atomic E-state index is -0.450. The zero-order valence-corrected chi connectivity index (χ0v) is 7.88. The summed E-state index contributed by atoms with van der Waals surface area (Å²) in [4.78, 5) is 21.7. The summed E-state index contributed by atoms with van der Waals surface area (Å²) < 4.78 is 0. The third-order valence-corrected chi connectivity index (χ3v) is 1.68. The van der Waals surface area contributed by atoms with Crippen LogP contribution >= 0.6 is 0 Å². The molecule has 0 fully saturated rings. The Morgan fingerprint density at radius 3 is 2.54 bits per heavy atom. The smallest absolute Gasteiger partial charge is 0.220 e. The molecule has 13 heavy (non-hydrogen) atoms. The van der Waals surface area contributed by atoms with E-state index in [1.807, 2.05) is 0 Å².